The molecule has 8 atom stereocenters. The van der Waals surface area contributed by atoms with Crippen LogP contribution in [-0.2, 0) is 32.2 Å². The van der Waals surface area contributed by atoms with Crippen LogP contribution in [-0.4, -0.2) is 49.2 Å². The maximum absolute atomic E-state index is 14.2. The summed E-state index contributed by atoms with van der Waals surface area (Å²) >= 11 is -2.71. The smallest absolute Gasteiger partial charge is 0.508 e. The number of nitrogens with one attached hydrogen (secondary N) is 2. The molecule has 0 aromatic heterocycles. The van der Waals surface area contributed by atoms with Gasteiger partial charge in [-0.2, -0.15) is 0 Å². The lowest BCUT2D eigenvalue weighted by Crippen LogP contribution is -2.40. The first-order valence-corrected chi connectivity index (χ1v) is 18.8. The van der Waals surface area contributed by atoms with Crippen LogP contribution in [0.3, 0.4) is 0 Å². The first-order chi connectivity index (χ1) is 22.4. The monoisotopic (exact) mass is 712 g/mol. The minimum Gasteiger partial charge on any atom is -0.598 e. The maximum atomic E-state index is 14.2. The van der Waals surface area contributed by atoms with E-state index in [0.717, 1.165) is 0 Å². The number of carbonyl (C=O) groups is 1. The first kappa shape index (κ1) is 38.5. The zero-order valence-corrected chi connectivity index (χ0v) is 30.7. The Balaban J connectivity index is 1.26. The van der Waals surface area contributed by atoms with Gasteiger partial charge in [-0.1, -0.05) is 0 Å². The van der Waals surface area contributed by atoms with Gasteiger partial charge in [-0.3, -0.25) is 0 Å². The predicted octanol–water partition coefficient (Wildman–Crippen LogP) is 7.64. The minimum absolute atomic E-state index is 0.251. The molecule has 0 heterocycles. The van der Waals surface area contributed by atoms with Gasteiger partial charge < -0.3 is 28.1 Å². The summed E-state index contributed by atoms with van der Waals surface area (Å²) in [4.78, 5) is 12.7. The van der Waals surface area contributed by atoms with E-state index in [4.69, 9.17) is 18.9 Å². The van der Waals surface area contributed by atoms with Crippen LogP contribution < -0.4 is 18.9 Å². The highest BCUT2D eigenvalue weighted by atomic mass is 32.2. The van der Waals surface area contributed by atoms with Gasteiger partial charge in [-0.15, -0.1) is 9.44 Å². The van der Waals surface area contributed by atoms with Crippen molar-refractivity contribution in [3.63, 3.8) is 0 Å². The molecule has 2 saturated carbocycles. The Hall–Kier alpha value is -2.29. The summed E-state index contributed by atoms with van der Waals surface area (Å²) in [5, 5.41) is 0. The third kappa shape index (κ3) is 10.9. The average Bonchev–Trinajstić information content (AvgIpc) is 3.62. The van der Waals surface area contributed by atoms with Crippen molar-refractivity contribution in [3.05, 3.63) is 59.2 Å². The molecule has 2 unspecified atom stereocenters. The third-order valence-corrected chi connectivity index (χ3v) is 11.7. The Kier molecular flexibility index (Phi) is 13.0. The van der Waals surface area contributed by atoms with Crippen molar-refractivity contribution in [1.82, 2.24) is 9.44 Å². The van der Waals surface area contributed by atoms with Gasteiger partial charge in [0.05, 0.1) is 12.1 Å². The highest BCUT2D eigenvalue weighted by Gasteiger charge is 2.35. The van der Waals surface area contributed by atoms with Crippen molar-refractivity contribution in [2.75, 3.05) is 0 Å². The second-order valence-corrected chi connectivity index (χ2v) is 18.6. The number of ether oxygens (including phenoxy) is 4. The fraction of sp³-hybridized carbons (Fsp3) is 0.629. The number of halogens is 2. The van der Waals surface area contributed by atoms with Gasteiger partial charge >= 0.3 is 6.16 Å². The highest BCUT2D eigenvalue weighted by Crippen LogP contribution is 2.35. The average molecular weight is 713 g/mol. The lowest BCUT2D eigenvalue weighted by atomic mass is 10.1. The van der Waals surface area contributed by atoms with Crippen LogP contribution in [0.15, 0.2) is 36.4 Å². The highest BCUT2D eigenvalue weighted by molar-refractivity contribution is 7.91. The van der Waals surface area contributed by atoms with Gasteiger partial charge in [0.25, 0.3) is 0 Å². The summed E-state index contributed by atoms with van der Waals surface area (Å²) in [6, 6.07) is 7.72. The summed E-state index contributed by atoms with van der Waals surface area (Å²) in [7, 11) is 0. The molecule has 0 radical (unpaired) electrons. The van der Waals surface area contributed by atoms with Crippen LogP contribution >= 0.6 is 0 Å². The molecule has 2 N–H and O–H groups in total. The molecule has 9 nitrogen and oxygen atoms in total. The van der Waals surface area contributed by atoms with E-state index in [2.05, 4.69) is 9.44 Å². The molecule has 0 spiro atoms. The van der Waals surface area contributed by atoms with E-state index in [0.29, 0.717) is 61.2 Å². The topological polar surface area (TPSA) is 124 Å². The number of hydrogen-bond donors (Lipinski definition) is 2. The molecule has 268 valence electrons. The van der Waals surface area contributed by atoms with Crippen LogP contribution in [0.5, 0.6) is 11.5 Å². The number of rotatable bonds is 12. The molecule has 2 fully saturated rings. The predicted molar refractivity (Wildman–Crippen MR) is 183 cm³/mol. The fourth-order valence-electron chi connectivity index (χ4n) is 5.62. The molecule has 0 saturated heterocycles. The second kappa shape index (κ2) is 16.2. The van der Waals surface area contributed by atoms with Gasteiger partial charge in [0.1, 0.15) is 57.0 Å². The Morgan fingerprint density at radius 2 is 1.06 bits per heavy atom. The van der Waals surface area contributed by atoms with Gasteiger partial charge in [-0.25, -0.2) is 13.6 Å². The Morgan fingerprint density at radius 3 is 1.42 bits per heavy atom. The van der Waals surface area contributed by atoms with E-state index >= 15 is 0 Å². The maximum Gasteiger partial charge on any atom is 0.508 e. The van der Waals surface area contributed by atoms with E-state index in [9.17, 15) is 22.7 Å². The van der Waals surface area contributed by atoms with Crippen LogP contribution in [0.25, 0.3) is 0 Å². The van der Waals surface area contributed by atoms with Gasteiger partial charge in [-0.05, 0) is 117 Å². The molecule has 0 amide bonds. The summed E-state index contributed by atoms with van der Waals surface area (Å²) in [6.45, 7) is 14.8. The van der Waals surface area contributed by atoms with Crippen LogP contribution in [0.2, 0.25) is 0 Å². The summed E-state index contributed by atoms with van der Waals surface area (Å²) < 4.78 is 82.5. The molecular weight excluding hydrogens is 663 g/mol. The molecule has 2 aromatic rings. The largest absolute Gasteiger partial charge is 0.598 e. The summed E-state index contributed by atoms with van der Waals surface area (Å²) in [6.07, 6.45) is 1.34. The SMILES string of the molecule is C[C@@H](N[S+]([O-])C(C)(C)C)c1cc(F)ccc1O[C@H]1CC[C@@H](OC(=O)O[C@@H]2CC[C@H](Oc3ccc(F)cc3[C@@H](C)N[S+]([O-])C(C)(C)C)C2)C1. The van der Waals surface area contributed by atoms with Crippen molar-refractivity contribution < 1.29 is 41.6 Å². The van der Waals surface area contributed by atoms with Crippen LogP contribution in [0.1, 0.15) is 117 Å². The van der Waals surface area contributed by atoms with E-state index in [-0.39, 0.29) is 12.2 Å². The molecule has 13 heteroatoms. The van der Waals surface area contributed by atoms with E-state index in [1.54, 1.807) is 12.1 Å². The van der Waals surface area contributed by atoms with Crippen molar-refractivity contribution in [3.8, 4) is 11.5 Å². The van der Waals surface area contributed by atoms with Crippen LogP contribution in [0, 0.1) is 11.6 Å². The first-order valence-electron chi connectivity index (χ1n) is 16.5. The zero-order chi connectivity index (χ0) is 35.4. The van der Waals surface area contributed by atoms with Crippen molar-refractivity contribution in [1.29, 1.82) is 0 Å². The zero-order valence-electron chi connectivity index (χ0n) is 29.1. The summed E-state index contributed by atoms with van der Waals surface area (Å²) in [5.41, 5.74) is 1.13. The van der Waals surface area contributed by atoms with E-state index in [1.165, 1.54) is 24.3 Å². The summed E-state index contributed by atoms with van der Waals surface area (Å²) in [5.74, 6) is 0.149. The number of carbonyl (C=O) groups excluding carboxylic acids is 1. The molecule has 2 aliphatic carbocycles. The third-order valence-electron chi connectivity index (χ3n) is 8.34. The fourth-order valence-corrected chi connectivity index (χ4v) is 7.22. The molecule has 0 aliphatic heterocycles. The normalized spacial score (nSPS) is 24.1. The molecule has 0 bridgehead atoms. The quantitative estimate of drug-likeness (QED) is 0.169. The molecular formula is C35H50F2N2O7S2. The van der Waals surface area contributed by atoms with Gasteiger partial charge in [0, 0.05) is 46.7 Å². The Morgan fingerprint density at radius 1 is 0.708 bits per heavy atom. The standard InChI is InChI=1S/C35H50F2N2O7S2/c1-21(38-47(41)34(3,4)5)29-17-23(36)9-15-31(29)43-25-11-13-27(19-25)45-33(40)46-28-14-12-26(20-28)44-32-16-10-24(37)18-30(32)22(2)39-48(42)35(6,7)8/h9-10,15-18,21-22,25-28,38-39H,11-14,19-20H2,1-8H3/t21-,22-,25+,26+,27-,28-,47?,48?/m1/s1. The lowest BCUT2D eigenvalue weighted by molar-refractivity contribution is -0.00254. The minimum atomic E-state index is -1.36. The van der Waals surface area contributed by atoms with Crippen molar-refractivity contribution >= 4 is 28.9 Å². The van der Waals surface area contributed by atoms with Crippen molar-refractivity contribution in [2.24, 2.45) is 0 Å². The molecule has 4 rings (SSSR count). The van der Waals surface area contributed by atoms with Crippen LogP contribution in [0.4, 0.5) is 13.6 Å². The lowest BCUT2D eigenvalue weighted by Gasteiger charge is -2.27. The van der Waals surface area contributed by atoms with E-state index in [1.807, 2.05) is 55.4 Å². The Labute approximate surface area is 289 Å². The molecule has 48 heavy (non-hydrogen) atoms. The second-order valence-electron chi connectivity index (χ2n) is 14.6. The van der Waals surface area contributed by atoms with Gasteiger partial charge in [0.15, 0.2) is 0 Å². The number of hydrogen-bond acceptors (Lipinski definition) is 9. The molecule has 2 aliphatic rings. The molecule has 2 aromatic carbocycles. The van der Waals surface area contributed by atoms with E-state index < -0.39 is 74.3 Å². The number of benzene rings is 2. The Bertz CT molecular complexity index is 1290. The van der Waals surface area contributed by atoms with Crippen molar-refractivity contribution in [2.45, 2.75) is 140 Å². The van der Waals surface area contributed by atoms with Gasteiger partial charge in [0.2, 0.25) is 0 Å².